The Labute approximate surface area is 127 Å². The normalized spacial score (nSPS) is 9.81. The van der Waals surface area contributed by atoms with Crippen LogP contribution in [0, 0.1) is 18.8 Å². The molecule has 0 radical (unpaired) electrons. The number of aliphatic hydroxyl groups is 1. The van der Waals surface area contributed by atoms with Gasteiger partial charge in [0.2, 0.25) is 0 Å². The topological polar surface area (TPSA) is 62.2 Å². The molecule has 2 aromatic rings. The van der Waals surface area contributed by atoms with Crippen molar-refractivity contribution in [1.82, 2.24) is 10.3 Å². The van der Waals surface area contributed by atoms with E-state index in [-0.39, 0.29) is 12.5 Å². The number of carbonyl (C=O) groups excluding carboxylic acids is 1. The summed E-state index contributed by atoms with van der Waals surface area (Å²) in [6, 6.07) is 5.52. The molecule has 0 aliphatic carbocycles. The Balaban J connectivity index is 1.90. The summed E-state index contributed by atoms with van der Waals surface area (Å²) in [5.41, 5.74) is 2.35. The van der Waals surface area contributed by atoms with Gasteiger partial charge in [-0.2, -0.15) is 0 Å². The molecule has 0 saturated heterocycles. The SMILES string of the molecule is Cc1ccc(C(=O)NCc2cc(C#CCCO)cs2)cn1. The number of nitrogens with one attached hydrogen (secondary N) is 1. The molecule has 0 saturated carbocycles. The van der Waals surface area contributed by atoms with Gasteiger partial charge in [-0.25, -0.2) is 0 Å². The third-order valence-electron chi connectivity index (χ3n) is 2.72. The molecule has 0 atom stereocenters. The van der Waals surface area contributed by atoms with E-state index in [4.69, 9.17) is 5.11 Å². The lowest BCUT2D eigenvalue weighted by Gasteiger charge is -2.03. The number of hydrogen-bond donors (Lipinski definition) is 2. The molecule has 0 aromatic carbocycles. The second-order valence-electron chi connectivity index (χ2n) is 4.45. The minimum Gasteiger partial charge on any atom is -0.395 e. The van der Waals surface area contributed by atoms with Crippen LogP contribution in [0.4, 0.5) is 0 Å². The molecule has 2 aromatic heterocycles. The zero-order chi connectivity index (χ0) is 15.1. The second-order valence-corrected chi connectivity index (χ2v) is 5.44. The number of nitrogens with zero attached hydrogens (tertiary/aromatic N) is 1. The van der Waals surface area contributed by atoms with Crippen LogP contribution < -0.4 is 5.32 Å². The average molecular weight is 300 g/mol. The van der Waals surface area contributed by atoms with Crippen LogP contribution in [0.3, 0.4) is 0 Å². The van der Waals surface area contributed by atoms with Crippen molar-refractivity contribution in [3.05, 3.63) is 51.5 Å². The van der Waals surface area contributed by atoms with E-state index in [1.165, 1.54) is 0 Å². The summed E-state index contributed by atoms with van der Waals surface area (Å²) in [5, 5.41) is 13.5. The first-order valence-corrected chi connectivity index (χ1v) is 7.45. The van der Waals surface area contributed by atoms with E-state index in [1.807, 2.05) is 24.4 Å². The Hall–Kier alpha value is -2.16. The van der Waals surface area contributed by atoms with Crippen molar-refractivity contribution < 1.29 is 9.90 Å². The van der Waals surface area contributed by atoms with E-state index in [1.54, 1.807) is 23.6 Å². The molecule has 0 fully saturated rings. The van der Waals surface area contributed by atoms with Crippen molar-refractivity contribution in [3.63, 3.8) is 0 Å². The number of pyridine rings is 1. The van der Waals surface area contributed by atoms with Crippen LogP contribution in [0.15, 0.2) is 29.8 Å². The molecule has 0 bridgehead atoms. The van der Waals surface area contributed by atoms with Gasteiger partial charge in [0.05, 0.1) is 18.7 Å². The molecule has 5 heteroatoms. The van der Waals surface area contributed by atoms with E-state index in [2.05, 4.69) is 22.1 Å². The van der Waals surface area contributed by atoms with Gasteiger partial charge in [-0.05, 0) is 25.1 Å². The third-order valence-corrected chi connectivity index (χ3v) is 3.66. The first kappa shape index (κ1) is 15.2. The lowest BCUT2D eigenvalue weighted by Crippen LogP contribution is -2.22. The van der Waals surface area contributed by atoms with Crippen LogP contribution in [-0.4, -0.2) is 22.6 Å². The minimum absolute atomic E-state index is 0.0740. The Morgan fingerprint density at radius 1 is 1.48 bits per heavy atom. The number of amides is 1. The van der Waals surface area contributed by atoms with Gasteiger partial charge in [0.25, 0.3) is 5.91 Å². The van der Waals surface area contributed by atoms with Crippen molar-refractivity contribution in [3.8, 4) is 11.8 Å². The number of carbonyl (C=O) groups is 1. The molecule has 0 spiro atoms. The van der Waals surface area contributed by atoms with Crippen molar-refractivity contribution in [1.29, 1.82) is 0 Å². The summed E-state index contributed by atoms with van der Waals surface area (Å²) in [7, 11) is 0. The van der Waals surface area contributed by atoms with Crippen LogP contribution in [0.2, 0.25) is 0 Å². The summed E-state index contributed by atoms with van der Waals surface area (Å²) in [5.74, 6) is 5.71. The zero-order valence-corrected chi connectivity index (χ0v) is 12.5. The number of thiophene rings is 1. The monoisotopic (exact) mass is 300 g/mol. The molecule has 1 amide bonds. The quantitative estimate of drug-likeness (QED) is 0.850. The summed E-state index contributed by atoms with van der Waals surface area (Å²) in [6.07, 6.45) is 2.05. The summed E-state index contributed by atoms with van der Waals surface area (Å²) < 4.78 is 0. The summed E-state index contributed by atoms with van der Waals surface area (Å²) >= 11 is 1.55. The van der Waals surface area contributed by atoms with Gasteiger partial charge in [-0.1, -0.05) is 11.8 Å². The fraction of sp³-hybridized carbons (Fsp3) is 0.250. The molecule has 0 aliphatic heterocycles. The Kier molecular flexibility index (Phi) is 5.50. The number of aryl methyl sites for hydroxylation is 1. The van der Waals surface area contributed by atoms with E-state index in [0.717, 1.165) is 16.1 Å². The van der Waals surface area contributed by atoms with Crippen LogP contribution in [0.1, 0.15) is 32.9 Å². The van der Waals surface area contributed by atoms with Crippen molar-refractivity contribution >= 4 is 17.2 Å². The summed E-state index contributed by atoms with van der Waals surface area (Å²) in [4.78, 5) is 17.1. The average Bonchev–Trinajstić information content (AvgIpc) is 2.94. The predicted molar refractivity (Wildman–Crippen MR) is 83.0 cm³/mol. The summed E-state index contributed by atoms with van der Waals surface area (Å²) in [6.45, 7) is 2.43. The molecule has 0 aliphatic rings. The van der Waals surface area contributed by atoms with Crippen LogP contribution >= 0.6 is 11.3 Å². The van der Waals surface area contributed by atoms with Crippen molar-refractivity contribution in [2.75, 3.05) is 6.61 Å². The highest BCUT2D eigenvalue weighted by Crippen LogP contribution is 2.13. The molecular weight excluding hydrogens is 284 g/mol. The maximum Gasteiger partial charge on any atom is 0.253 e. The van der Waals surface area contributed by atoms with Crippen molar-refractivity contribution in [2.45, 2.75) is 19.9 Å². The predicted octanol–water partition coefficient (Wildman–Crippen LogP) is 2.12. The number of hydrogen-bond acceptors (Lipinski definition) is 4. The van der Waals surface area contributed by atoms with Gasteiger partial charge >= 0.3 is 0 Å². The van der Waals surface area contributed by atoms with Crippen LogP contribution in [0.25, 0.3) is 0 Å². The van der Waals surface area contributed by atoms with Crippen molar-refractivity contribution in [2.24, 2.45) is 0 Å². The van der Waals surface area contributed by atoms with Crippen LogP contribution in [-0.2, 0) is 6.54 Å². The molecule has 2 N–H and O–H groups in total. The molecule has 108 valence electrons. The van der Waals surface area contributed by atoms with E-state index in [0.29, 0.717) is 18.5 Å². The first-order valence-electron chi connectivity index (χ1n) is 6.57. The molecular formula is C16H16N2O2S. The standard InChI is InChI=1S/C16H16N2O2S/c1-12-5-6-14(9-17-12)16(20)18-10-15-8-13(11-21-15)4-2-3-7-19/h5-6,8-9,11,19H,3,7,10H2,1H3,(H,18,20). The fourth-order valence-corrected chi connectivity index (χ4v) is 2.39. The van der Waals surface area contributed by atoms with Gasteiger partial charge in [-0.15, -0.1) is 11.3 Å². The molecule has 2 heterocycles. The highest BCUT2D eigenvalue weighted by atomic mass is 32.1. The van der Waals surface area contributed by atoms with Crippen LogP contribution in [0.5, 0.6) is 0 Å². The maximum atomic E-state index is 11.9. The van der Waals surface area contributed by atoms with Gasteiger partial charge < -0.3 is 10.4 Å². The van der Waals surface area contributed by atoms with E-state index in [9.17, 15) is 4.79 Å². The highest BCUT2D eigenvalue weighted by molar-refractivity contribution is 7.10. The number of rotatable bonds is 4. The number of aliphatic hydroxyl groups excluding tert-OH is 1. The second kappa shape index (κ2) is 7.58. The lowest BCUT2D eigenvalue weighted by atomic mass is 10.2. The van der Waals surface area contributed by atoms with Gasteiger partial charge in [0, 0.05) is 34.1 Å². The first-order chi connectivity index (χ1) is 10.2. The molecule has 4 nitrogen and oxygen atoms in total. The van der Waals surface area contributed by atoms with Gasteiger partial charge in [0.1, 0.15) is 0 Å². The maximum absolute atomic E-state index is 11.9. The van der Waals surface area contributed by atoms with Gasteiger partial charge in [0.15, 0.2) is 0 Å². The minimum atomic E-state index is -0.135. The Morgan fingerprint density at radius 2 is 2.33 bits per heavy atom. The lowest BCUT2D eigenvalue weighted by molar-refractivity contribution is 0.0951. The molecule has 2 rings (SSSR count). The highest BCUT2D eigenvalue weighted by Gasteiger charge is 2.06. The smallest absolute Gasteiger partial charge is 0.253 e. The largest absolute Gasteiger partial charge is 0.395 e. The third kappa shape index (κ3) is 4.71. The van der Waals surface area contributed by atoms with Gasteiger partial charge in [-0.3, -0.25) is 9.78 Å². The van der Waals surface area contributed by atoms with E-state index < -0.39 is 0 Å². The number of aromatic nitrogens is 1. The molecule has 0 unspecified atom stereocenters. The van der Waals surface area contributed by atoms with E-state index >= 15 is 0 Å². The fourth-order valence-electron chi connectivity index (χ4n) is 1.63. The molecule has 21 heavy (non-hydrogen) atoms. The Morgan fingerprint density at radius 3 is 3.05 bits per heavy atom. The Bertz CT molecular complexity index is 666. The zero-order valence-electron chi connectivity index (χ0n) is 11.7.